The van der Waals surface area contributed by atoms with Gasteiger partial charge in [-0.15, -0.1) is 0 Å². The van der Waals surface area contributed by atoms with E-state index in [2.05, 4.69) is 38.0 Å². The zero-order valence-corrected chi connectivity index (χ0v) is 13.6. The minimum absolute atomic E-state index is 0.0469. The van der Waals surface area contributed by atoms with Gasteiger partial charge in [0.25, 0.3) is 5.91 Å². The van der Waals surface area contributed by atoms with Crippen molar-refractivity contribution >= 4 is 11.7 Å². The molecule has 1 saturated carbocycles. The SMILES string of the molecule is CCC1(CNC(=O)c2cc(N)nc(C(C)(C)C)c2)CCC1. The van der Waals surface area contributed by atoms with Crippen molar-refractivity contribution in [3.63, 3.8) is 0 Å². The van der Waals surface area contributed by atoms with Crippen molar-refractivity contribution in [1.29, 1.82) is 0 Å². The average Bonchev–Trinajstić information content (AvgIpc) is 2.36. The number of nitrogens with zero attached hydrogens (tertiary/aromatic N) is 1. The number of aromatic nitrogens is 1. The van der Waals surface area contributed by atoms with Crippen molar-refractivity contribution in [3.8, 4) is 0 Å². The van der Waals surface area contributed by atoms with Crippen LogP contribution in [-0.2, 0) is 5.41 Å². The molecule has 21 heavy (non-hydrogen) atoms. The predicted molar refractivity (Wildman–Crippen MR) is 86.3 cm³/mol. The molecule has 3 N–H and O–H groups in total. The first kappa shape index (κ1) is 15.8. The van der Waals surface area contributed by atoms with E-state index in [-0.39, 0.29) is 11.3 Å². The number of pyridine rings is 1. The van der Waals surface area contributed by atoms with E-state index in [1.165, 1.54) is 19.3 Å². The highest BCUT2D eigenvalue weighted by Gasteiger charge is 2.35. The Bertz CT molecular complexity index is 522. The van der Waals surface area contributed by atoms with E-state index in [9.17, 15) is 4.79 Å². The molecule has 4 heteroatoms. The Morgan fingerprint density at radius 1 is 1.38 bits per heavy atom. The molecular weight excluding hydrogens is 262 g/mol. The summed E-state index contributed by atoms with van der Waals surface area (Å²) in [6, 6.07) is 3.51. The molecule has 1 amide bonds. The Labute approximate surface area is 127 Å². The van der Waals surface area contributed by atoms with Gasteiger partial charge in [-0.3, -0.25) is 4.79 Å². The van der Waals surface area contributed by atoms with Gasteiger partial charge in [0.05, 0.1) is 0 Å². The van der Waals surface area contributed by atoms with Crippen molar-refractivity contribution in [2.24, 2.45) is 5.41 Å². The summed E-state index contributed by atoms with van der Waals surface area (Å²) in [5.41, 5.74) is 7.50. The molecule has 0 aliphatic heterocycles. The Morgan fingerprint density at radius 2 is 2.05 bits per heavy atom. The number of rotatable bonds is 4. The topological polar surface area (TPSA) is 68.0 Å². The lowest BCUT2D eigenvalue weighted by atomic mass is 9.67. The standard InChI is InChI=1S/C17H27N3O/c1-5-17(7-6-8-17)11-19-15(21)12-9-13(16(2,3)4)20-14(18)10-12/h9-10H,5-8,11H2,1-4H3,(H2,18,20)(H,19,21). The Balaban J connectivity index is 2.10. The highest BCUT2D eigenvalue weighted by molar-refractivity contribution is 5.95. The van der Waals surface area contributed by atoms with Gasteiger partial charge in [0.15, 0.2) is 0 Å². The molecule has 1 aromatic heterocycles. The normalized spacial score (nSPS) is 17.1. The van der Waals surface area contributed by atoms with Crippen LogP contribution in [0.3, 0.4) is 0 Å². The summed E-state index contributed by atoms with van der Waals surface area (Å²) in [6.45, 7) is 9.16. The molecule has 0 spiro atoms. The third kappa shape index (κ3) is 3.55. The summed E-state index contributed by atoms with van der Waals surface area (Å²) < 4.78 is 0. The van der Waals surface area contributed by atoms with Crippen molar-refractivity contribution in [2.45, 2.75) is 58.8 Å². The second-order valence-electron chi connectivity index (χ2n) is 7.31. The zero-order valence-electron chi connectivity index (χ0n) is 13.6. The lowest BCUT2D eigenvalue weighted by Crippen LogP contribution is -2.41. The third-order valence-electron chi connectivity index (χ3n) is 4.66. The van der Waals surface area contributed by atoms with Crippen LogP contribution >= 0.6 is 0 Å². The fourth-order valence-corrected chi connectivity index (χ4v) is 2.77. The number of carbonyl (C=O) groups is 1. The van der Waals surface area contributed by atoms with Crippen LogP contribution < -0.4 is 11.1 Å². The first-order valence-electron chi connectivity index (χ1n) is 7.82. The molecule has 2 rings (SSSR count). The Morgan fingerprint density at radius 3 is 2.52 bits per heavy atom. The average molecular weight is 289 g/mol. The number of hydrogen-bond donors (Lipinski definition) is 2. The summed E-state index contributed by atoms with van der Waals surface area (Å²) in [6.07, 6.45) is 4.84. The van der Waals surface area contributed by atoms with Crippen LogP contribution in [0.5, 0.6) is 0 Å². The monoisotopic (exact) mass is 289 g/mol. The van der Waals surface area contributed by atoms with Crippen LogP contribution in [0.2, 0.25) is 0 Å². The largest absolute Gasteiger partial charge is 0.384 e. The zero-order chi connectivity index (χ0) is 15.7. The number of hydrogen-bond acceptors (Lipinski definition) is 3. The summed E-state index contributed by atoms with van der Waals surface area (Å²) in [7, 11) is 0. The van der Waals surface area contributed by atoms with E-state index >= 15 is 0 Å². The number of anilines is 1. The van der Waals surface area contributed by atoms with Gasteiger partial charge in [-0.05, 0) is 36.8 Å². The summed E-state index contributed by atoms with van der Waals surface area (Å²) >= 11 is 0. The maximum atomic E-state index is 12.4. The fourth-order valence-electron chi connectivity index (χ4n) is 2.77. The van der Waals surface area contributed by atoms with Gasteiger partial charge in [-0.1, -0.05) is 34.1 Å². The highest BCUT2D eigenvalue weighted by Crippen LogP contribution is 2.43. The molecule has 0 saturated heterocycles. The van der Waals surface area contributed by atoms with E-state index in [0.29, 0.717) is 16.8 Å². The summed E-state index contributed by atoms with van der Waals surface area (Å²) in [5.74, 6) is 0.357. The van der Waals surface area contributed by atoms with Crippen LogP contribution in [0.1, 0.15) is 69.4 Å². The van der Waals surface area contributed by atoms with Crippen LogP contribution in [-0.4, -0.2) is 17.4 Å². The Hall–Kier alpha value is -1.58. The molecule has 1 aromatic rings. The van der Waals surface area contributed by atoms with Crippen molar-refractivity contribution in [2.75, 3.05) is 12.3 Å². The van der Waals surface area contributed by atoms with Crippen molar-refractivity contribution in [1.82, 2.24) is 10.3 Å². The first-order valence-corrected chi connectivity index (χ1v) is 7.82. The van der Waals surface area contributed by atoms with Crippen LogP contribution in [0, 0.1) is 5.41 Å². The maximum absolute atomic E-state index is 12.4. The molecule has 0 radical (unpaired) electrons. The van der Waals surface area contributed by atoms with Gasteiger partial charge < -0.3 is 11.1 Å². The molecule has 116 valence electrons. The number of nitrogen functional groups attached to an aromatic ring is 1. The molecule has 0 unspecified atom stereocenters. The number of nitrogens with two attached hydrogens (primary N) is 1. The van der Waals surface area contributed by atoms with Crippen LogP contribution in [0.15, 0.2) is 12.1 Å². The summed E-state index contributed by atoms with van der Waals surface area (Å²) in [4.78, 5) is 16.7. The van der Waals surface area contributed by atoms with E-state index in [4.69, 9.17) is 5.73 Å². The third-order valence-corrected chi connectivity index (χ3v) is 4.66. The molecule has 0 aromatic carbocycles. The molecule has 1 aliphatic carbocycles. The summed E-state index contributed by atoms with van der Waals surface area (Å²) in [5, 5.41) is 3.08. The number of amides is 1. The number of carbonyl (C=O) groups excluding carboxylic acids is 1. The second-order valence-corrected chi connectivity index (χ2v) is 7.31. The molecule has 4 nitrogen and oxygen atoms in total. The van der Waals surface area contributed by atoms with E-state index in [0.717, 1.165) is 18.7 Å². The van der Waals surface area contributed by atoms with Gasteiger partial charge in [0.2, 0.25) is 0 Å². The molecule has 1 heterocycles. The van der Waals surface area contributed by atoms with Crippen molar-refractivity contribution in [3.05, 3.63) is 23.4 Å². The van der Waals surface area contributed by atoms with Gasteiger partial charge in [-0.2, -0.15) is 0 Å². The van der Waals surface area contributed by atoms with Crippen LogP contribution in [0.4, 0.5) is 5.82 Å². The highest BCUT2D eigenvalue weighted by atomic mass is 16.1. The van der Waals surface area contributed by atoms with Crippen LogP contribution in [0.25, 0.3) is 0 Å². The lowest BCUT2D eigenvalue weighted by Gasteiger charge is -2.41. The fraction of sp³-hybridized carbons (Fsp3) is 0.647. The quantitative estimate of drug-likeness (QED) is 0.894. The van der Waals surface area contributed by atoms with Crippen molar-refractivity contribution < 1.29 is 4.79 Å². The van der Waals surface area contributed by atoms with E-state index in [1.807, 2.05) is 6.07 Å². The number of nitrogens with one attached hydrogen (secondary N) is 1. The Kier molecular flexibility index (Phi) is 4.26. The minimum Gasteiger partial charge on any atom is -0.384 e. The first-order chi connectivity index (χ1) is 9.76. The predicted octanol–water partition coefficient (Wildman–Crippen LogP) is 3.27. The molecule has 0 bridgehead atoms. The second kappa shape index (κ2) is 5.66. The van der Waals surface area contributed by atoms with Gasteiger partial charge in [0.1, 0.15) is 5.82 Å². The molecular formula is C17H27N3O. The van der Waals surface area contributed by atoms with Gasteiger partial charge in [-0.25, -0.2) is 4.98 Å². The molecule has 1 fully saturated rings. The molecule has 1 aliphatic rings. The van der Waals surface area contributed by atoms with Gasteiger partial charge >= 0.3 is 0 Å². The van der Waals surface area contributed by atoms with E-state index < -0.39 is 0 Å². The smallest absolute Gasteiger partial charge is 0.251 e. The molecule has 0 atom stereocenters. The maximum Gasteiger partial charge on any atom is 0.251 e. The minimum atomic E-state index is -0.122. The van der Waals surface area contributed by atoms with Gasteiger partial charge in [0, 0.05) is 23.2 Å². The lowest BCUT2D eigenvalue weighted by molar-refractivity contribution is 0.0850. The van der Waals surface area contributed by atoms with E-state index in [1.54, 1.807) is 6.07 Å².